The number of anilines is 2. The molecule has 3 aromatic rings. The van der Waals surface area contributed by atoms with Gasteiger partial charge in [-0.1, -0.05) is 17.7 Å². The van der Waals surface area contributed by atoms with Gasteiger partial charge >= 0.3 is 0 Å². The van der Waals surface area contributed by atoms with Crippen molar-refractivity contribution in [2.24, 2.45) is 0 Å². The molecule has 3 aromatic carbocycles. The quantitative estimate of drug-likeness (QED) is 0.530. The lowest BCUT2D eigenvalue weighted by Gasteiger charge is -2.10. The van der Waals surface area contributed by atoms with Crippen LogP contribution in [0.2, 0.25) is 5.02 Å². The average molecular weight is 433 g/mol. The van der Waals surface area contributed by atoms with E-state index in [0.717, 1.165) is 4.90 Å². The van der Waals surface area contributed by atoms with Crippen molar-refractivity contribution in [2.45, 2.75) is 9.79 Å². The van der Waals surface area contributed by atoms with Crippen LogP contribution in [0.3, 0.4) is 0 Å². The van der Waals surface area contributed by atoms with Crippen LogP contribution in [0.25, 0.3) is 0 Å². The number of hydrogen-bond donors (Lipinski definition) is 2. The Bertz CT molecular complexity index is 1080. The van der Waals surface area contributed by atoms with Crippen LogP contribution in [-0.4, -0.2) is 20.6 Å². The number of amides is 1. The fourth-order valence-corrected chi connectivity index (χ4v) is 4.07. The van der Waals surface area contributed by atoms with Crippen LogP contribution in [0, 0.1) is 0 Å². The maximum atomic E-state index is 12.4. The zero-order chi connectivity index (χ0) is 20.1. The summed E-state index contributed by atoms with van der Waals surface area (Å²) in [7, 11) is -3.73. The molecule has 0 unspecified atom stereocenters. The van der Waals surface area contributed by atoms with Crippen LogP contribution in [0.15, 0.2) is 82.6 Å². The Labute approximate surface area is 173 Å². The molecule has 144 valence electrons. The highest BCUT2D eigenvalue weighted by molar-refractivity contribution is 7.98. The van der Waals surface area contributed by atoms with E-state index in [2.05, 4.69) is 10.0 Å². The number of halogens is 1. The molecule has 0 aliphatic rings. The molecule has 3 rings (SSSR count). The van der Waals surface area contributed by atoms with E-state index in [4.69, 9.17) is 11.6 Å². The third kappa shape index (κ3) is 5.07. The molecule has 0 aliphatic carbocycles. The first-order chi connectivity index (χ1) is 13.4. The van der Waals surface area contributed by atoms with Crippen molar-refractivity contribution in [3.05, 3.63) is 83.4 Å². The van der Waals surface area contributed by atoms with Gasteiger partial charge in [-0.3, -0.25) is 9.52 Å². The van der Waals surface area contributed by atoms with E-state index >= 15 is 0 Å². The van der Waals surface area contributed by atoms with Crippen LogP contribution >= 0.6 is 23.4 Å². The van der Waals surface area contributed by atoms with Crippen molar-refractivity contribution in [2.75, 3.05) is 16.3 Å². The van der Waals surface area contributed by atoms with Crippen LogP contribution in [0.5, 0.6) is 0 Å². The van der Waals surface area contributed by atoms with Gasteiger partial charge in [-0.15, -0.1) is 11.8 Å². The Morgan fingerprint density at radius 2 is 1.61 bits per heavy atom. The number of rotatable bonds is 6. The van der Waals surface area contributed by atoms with Gasteiger partial charge in [-0.2, -0.15) is 0 Å². The number of carbonyl (C=O) groups excluding carboxylic acids is 1. The number of carbonyl (C=O) groups is 1. The minimum Gasteiger partial charge on any atom is -0.322 e. The Kier molecular flexibility index (Phi) is 6.28. The molecule has 0 fully saturated rings. The van der Waals surface area contributed by atoms with Crippen molar-refractivity contribution >= 4 is 50.7 Å². The number of sulfonamides is 1. The topological polar surface area (TPSA) is 75.3 Å². The van der Waals surface area contributed by atoms with Crippen molar-refractivity contribution in [1.29, 1.82) is 0 Å². The summed E-state index contributed by atoms with van der Waals surface area (Å²) < 4.78 is 27.3. The number of benzene rings is 3. The standard InChI is InChI=1S/C20H17ClN2O3S2/c1-27-18-4-2-3-17(13-18)22-20(24)14-5-9-16(10-6-14)23-28(25,26)19-11-7-15(21)8-12-19/h2-13,23H,1H3,(H,22,24). The fraction of sp³-hybridized carbons (Fsp3) is 0.0500. The molecule has 2 N–H and O–H groups in total. The van der Waals surface area contributed by atoms with E-state index in [-0.39, 0.29) is 10.8 Å². The summed E-state index contributed by atoms with van der Waals surface area (Å²) in [6.07, 6.45) is 1.96. The average Bonchev–Trinajstić information content (AvgIpc) is 2.68. The second-order valence-corrected chi connectivity index (χ2v) is 8.82. The third-order valence-electron chi connectivity index (χ3n) is 3.85. The summed E-state index contributed by atoms with van der Waals surface area (Å²) in [5.74, 6) is -0.273. The normalized spacial score (nSPS) is 11.1. The summed E-state index contributed by atoms with van der Waals surface area (Å²) in [4.78, 5) is 13.5. The highest BCUT2D eigenvalue weighted by Crippen LogP contribution is 2.21. The van der Waals surface area contributed by atoms with Gasteiger partial charge in [-0.25, -0.2) is 8.42 Å². The smallest absolute Gasteiger partial charge is 0.261 e. The minimum atomic E-state index is -3.73. The molecule has 0 spiro atoms. The Hall–Kier alpha value is -2.48. The molecule has 5 nitrogen and oxygen atoms in total. The van der Waals surface area contributed by atoms with E-state index in [1.165, 1.54) is 24.3 Å². The maximum absolute atomic E-state index is 12.4. The Morgan fingerprint density at radius 1 is 0.929 bits per heavy atom. The van der Waals surface area contributed by atoms with Gasteiger partial charge in [0.2, 0.25) is 0 Å². The van der Waals surface area contributed by atoms with Gasteiger partial charge in [0.05, 0.1) is 4.90 Å². The zero-order valence-corrected chi connectivity index (χ0v) is 17.2. The molecule has 0 saturated carbocycles. The molecule has 8 heteroatoms. The number of nitrogens with one attached hydrogen (secondary N) is 2. The number of hydrogen-bond acceptors (Lipinski definition) is 4. The molecular formula is C20H17ClN2O3S2. The van der Waals surface area contributed by atoms with Gasteiger partial charge in [0, 0.05) is 26.9 Å². The maximum Gasteiger partial charge on any atom is 0.261 e. The van der Waals surface area contributed by atoms with Crippen LogP contribution in [0.1, 0.15) is 10.4 Å². The van der Waals surface area contributed by atoms with E-state index in [9.17, 15) is 13.2 Å². The van der Waals surface area contributed by atoms with Crippen LogP contribution < -0.4 is 10.0 Å². The molecule has 0 saturated heterocycles. The lowest BCUT2D eigenvalue weighted by Crippen LogP contribution is -2.14. The van der Waals surface area contributed by atoms with Gasteiger partial charge in [0.15, 0.2) is 0 Å². The molecule has 1 amide bonds. The molecule has 28 heavy (non-hydrogen) atoms. The molecule has 0 aliphatic heterocycles. The van der Waals surface area contributed by atoms with E-state index in [1.54, 1.807) is 36.0 Å². The second-order valence-electron chi connectivity index (χ2n) is 5.82. The molecule has 0 radical (unpaired) electrons. The van der Waals surface area contributed by atoms with Gasteiger partial charge < -0.3 is 5.32 Å². The van der Waals surface area contributed by atoms with Gasteiger partial charge in [0.25, 0.3) is 15.9 Å². The van der Waals surface area contributed by atoms with E-state index in [0.29, 0.717) is 22.0 Å². The first-order valence-corrected chi connectivity index (χ1v) is 11.3. The van der Waals surface area contributed by atoms with Crippen molar-refractivity contribution in [1.82, 2.24) is 0 Å². The van der Waals surface area contributed by atoms with Crippen molar-refractivity contribution in [3.63, 3.8) is 0 Å². The Balaban J connectivity index is 1.70. The van der Waals surface area contributed by atoms with Crippen LogP contribution in [0.4, 0.5) is 11.4 Å². The summed E-state index contributed by atoms with van der Waals surface area (Å²) >= 11 is 7.38. The highest BCUT2D eigenvalue weighted by atomic mass is 35.5. The lowest BCUT2D eigenvalue weighted by atomic mass is 10.2. The summed E-state index contributed by atoms with van der Waals surface area (Å²) in [6, 6.07) is 19.6. The fourth-order valence-electron chi connectivity index (χ4n) is 2.42. The summed E-state index contributed by atoms with van der Waals surface area (Å²) in [5, 5.41) is 3.28. The minimum absolute atomic E-state index is 0.104. The second kappa shape index (κ2) is 8.68. The predicted molar refractivity (Wildman–Crippen MR) is 115 cm³/mol. The van der Waals surface area contributed by atoms with Crippen molar-refractivity contribution < 1.29 is 13.2 Å². The largest absolute Gasteiger partial charge is 0.322 e. The SMILES string of the molecule is CSc1cccc(NC(=O)c2ccc(NS(=O)(=O)c3ccc(Cl)cc3)cc2)c1. The zero-order valence-electron chi connectivity index (χ0n) is 14.8. The summed E-state index contributed by atoms with van der Waals surface area (Å²) in [5.41, 5.74) is 1.48. The molecule has 0 aromatic heterocycles. The van der Waals surface area contributed by atoms with Gasteiger partial charge in [0.1, 0.15) is 0 Å². The molecular weight excluding hydrogens is 416 g/mol. The van der Waals surface area contributed by atoms with E-state index < -0.39 is 10.0 Å². The molecule has 0 atom stereocenters. The summed E-state index contributed by atoms with van der Waals surface area (Å²) in [6.45, 7) is 0. The predicted octanol–water partition coefficient (Wildman–Crippen LogP) is 5.12. The number of thioether (sulfide) groups is 1. The lowest BCUT2D eigenvalue weighted by molar-refractivity contribution is 0.102. The molecule has 0 bridgehead atoms. The van der Waals surface area contributed by atoms with Gasteiger partial charge in [-0.05, 0) is 73.0 Å². The van der Waals surface area contributed by atoms with E-state index in [1.807, 2.05) is 30.5 Å². The van der Waals surface area contributed by atoms with Crippen LogP contribution in [-0.2, 0) is 10.0 Å². The molecule has 0 heterocycles. The highest BCUT2D eigenvalue weighted by Gasteiger charge is 2.14. The Morgan fingerprint density at radius 3 is 2.25 bits per heavy atom. The first-order valence-electron chi connectivity index (χ1n) is 8.21. The monoisotopic (exact) mass is 432 g/mol. The third-order valence-corrected chi connectivity index (χ3v) is 6.23. The first kappa shape index (κ1) is 20.3. The van der Waals surface area contributed by atoms with Crippen molar-refractivity contribution in [3.8, 4) is 0 Å².